The van der Waals surface area contributed by atoms with Gasteiger partial charge < -0.3 is 9.47 Å². The third-order valence-corrected chi connectivity index (χ3v) is 3.43. The molecule has 0 unspecified atom stereocenters. The minimum atomic E-state index is -0.506. The molecule has 0 spiro atoms. The van der Waals surface area contributed by atoms with Crippen molar-refractivity contribution in [3.63, 3.8) is 0 Å². The predicted octanol–water partition coefficient (Wildman–Crippen LogP) is 4.64. The molecule has 3 aromatic rings. The second-order valence-electron chi connectivity index (χ2n) is 5.41. The number of hydrogen-bond donors (Lipinski definition) is 0. The van der Waals surface area contributed by atoms with Crippen LogP contribution in [-0.2, 0) is 4.74 Å². The van der Waals surface area contributed by atoms with Gasteiger partial charge in [0.15, 0.2) is 0 Å². The first-order chi connectivity index (χ1) is 11.5. The molecule has 0 bridgehead atoms. The number of benzene rings is 2. The molecule has 0 aliphatic rings. The zero-order valence-corrected chi connectivity index (χ0v) is 13.9. The van der Waals surface area contributed by atoms with Gasteiger partial charge in [-0.1, -0.05) is 35.9 Å². The second-order valence-corrected chi connectivity index (χ2v) is 5.85. The van der Waals surface area contributed by atoms with Crippen molar-refractivity contribution in [1.29, 1.82) is 0 Å². The lowest BCUT2D eigenvalue weighted by Gasteiger charge is -2.13. The lowest BCUT2D eigenvalue weighted by molar-refractivity contribution is 0.0376. The van der Waals surface area contributed by atoms with Gasteiger partial charge in [-0.2, -0.15) is 0 Å². The summed E-state index contributed by atoms with van der Waals surface area (Å²) >= 11 is 5.97. The summed E-state index contributed by atoms with van der Waals surface area (Å²) in [5, 5.41) is 9.29. The molecule has 0 aliphatic heterocycles. The van der Waals surface area contributed by atoms with E-state index in [0.29, 0.717) is 21.7 Å². The molecule has 122 valence electrons. The van der Waals surface area contributed by atoms with E-state index in [4.69, 9.17) is 21.1 Å². The normalized spacial score (nSPS) is 10.8. The minimum Gasteiger partial charge on any atom is -0.459 e. The van der Waals surface area contributed by atoms with Crippen LogP contribution in [-0.4, -0.2) is 22.3 Å². The van der Waals surface area contributed by atoms with Crippen LogP contribution in [0, 0.1) is 0 Å². The van der Waals surface area contributed by atoms with Crippen LogP contribution in [0.1, 0.15) is 24.2 Å². The van der Waals surface area contributed by atoms with Crippen LogP contribution in [0.2, 0.25) is 5.02 Å². The topological polar surface area (TPSA) is 61.3 Å². The van der Waals surface area contributed by atoms with E-state index in [0.717, 1.165) is 0 Å². The Morgan fingerprint density at radius 3 is 2.62 bits per heavy atom. The van der Waals surface area contributed by atoms with Gasteiger partial charge in [0.2, 0.25) is 0 Å². The molecule has 2 aromatic carbocycles. The van der Waals surface area contributed by atoms with E-state index in [9.17, 15) is 4.79 Å². The van der Waals surface area contributed by atoms with Crippen molar-refractivity contribution < 1.29 is 14.3 Å². The van der Waals surface area contributed by atoms with Gasteiger partial charge in [-0.25, -0.2) is 4.79 Å². The lowest BCUT2D eigenvalue weighted by atomic mass is 10.1. The van der Waals surface area contributed by atoms with E-state index in [-0.39, 0.29) is 17.5 Å². The molecule has 24 heavy (non-hydrogen) atoms. The number of nitrogens with zero attached hydrogens (tertiary/aromatic N) is 2. The maximum absolute atomic E-state index is 12.6. The highest BCUT2D eigenvalue weighted by molar-refractivity contribution is 6.30. The average Bonchev–Trinajstić information content (AvgIpc) is 2.54. The Bertz CT molecular complexity index is 896. The number of esters is 1. The second kappa shape index (κ2) is 6.84. The van der Waals surface area contributed by atoms with Crippen molar-refractivity contribution in [2.75, 3.05) is 0 Å². The van der Waals surface area contributed by atoms with Crippen LogP contribution < -0.4 is 4.74 Å². The van der Waals surface area contributed by atoms with Crippen molar-refractivity contribution in [3.05, 3.63) is 59.1 Å². The third-order valence-electron chi connectivity index (χ3n) is 3.19. The van der Waals surface area contributed by atoms with Gasteiger partial charge in [-0.05, 0) is 38.1 Å². The molecule has 0 fully saturated rings. The van der Waals surface area contributed by atoms with Crippen molar-refractivity contribution in [2.45, 2.75) is 20.0 Å². The van der Waals surface area contributed by atoms with Gasteiger partial charge in [0.1, 0.15) is 11.3 Å². The molecule has 0 amide bonds. The maximum Gasteiger partial charge on any atom is 0.344 e. The van der Waals surface area contributed by atoms with Crippen LogP contribution in [0.5, 0.6) is 11.6 Å². The van der Waals surface area contributed by atoms with Crippen LogP contribution in [0.25, 0.3) is 10.9 Å². The number of halogens is 1. The van der Waals surface area contributed by atoms with Crippen molar-refractivity contribution >= 4 is 28.5 Å². The number of fused-ring (bicyclic) bond motifs is 1. The zero-order valence-electron chi connectivity index (χ0n) is 13.2. The van der Waals surface area contributed by atoms with Crippen molar-refractivity contribution in [3.8, 4) is 11.6 Å². The summed E-state index contributed by atoms with van der Waals surface area (Å²) in [5.41, 5.74) is 0.834. The highest BCUT2D eigenvalue weighted by Gasteiger charge is 2.22. The number of rotatable bonds is 4. The number of aromatic nitrogens is 2. The Kier molecular flexibility index (Phi) is 4.62. The average molecular weight is 343 g/mol. The SMILES string of the molecule is CC(C)OC(=O)c1c(Oc2cccc(Cl)c2)nnc2ccccc12. The van der Waals surface area contributed by atoms with Crippen LogP contribution >= 0.6 is 11.6 Å². The fourth-order valence-electron chi connectivity index (χ4n) is 2.22. The summed E-state index contributed by atoms with van der Waals surface area (Å²) in [6, 6.07) is 14.0. The highest BCUT2D eigenvalue weighted by Crippen LogP contribution is 2.30. The van der Waals surface area contributed by atoms with E-state index in [1.165, 1.54) is 0 Å². The Labute approximate surface area is 144 Å². The third kappa shape index (κ3) is 3.46. The first kappa shape index (κ1) is 16.2. The molecule has 0 saturated heterocycles. The van der Waals surface area contributed by atoms with Gasteiger partial charge in [-0.3, -0.25) is 0 Å². The number of hydrogen-bond acceptors (Lipinski definition) is 5. The Morgan fingerprint density at radius 1 is 1.08 bits per heavy atom. The predicted molar refractivity (Wildman–Crippen MR) is 91.6 cm³/mol. The first-order valence-electron chi connectivity index (χ1n) is 7.44. The summed E-state index contributed by atoms with van der Waals surface area (Å²) in [4.78, 5) is 12.6. The van der Waals surface area contributed by atoms with Gasteiger partial charge in [0.05, 0.1) is 11.6 Å². The Balaban J connectivity index is 2.11. The van der Waals surface area contributed by atoms with E-state index in [1.807, 2.05) is 12.1 Å². The summed E-state index contributed by atoms with van der Waals surface area (Å²) in [6.07, 6.45) is -0.261. The summed E-state index contributed by atoms with van der Waals surface area (Å²) < 4.78 is 11.1. The summed E-state index contributed by atoms with van der Waals surface area (Å²) in [5.74, 6) is 0.0421. The van der Waals surface area contributed by atoms with E-state index >= 15 is 0 Å². The van der Waals surface area contributed by atoms with Gasteiger partial charge in [0.25, 0.3) is 5.88 Å². The fraction of sp³-hybridized carbons (Fsp3) is 0.167. The maximum atomic E-state index is 12.6. The van der Waals surface area contributed by atoms with Gasteiger partial charge >= 0.3 is 5.97 Å². The monoisotopic (exact) mass is 342 g/mol. The smallest absolute Gasteiger partial charge is 0.344 e. The quantitative estimate of drug-likeness (QED) is 0.646. The Hall–Kier alpha value is -2.66. The number of carbonyl (C=O) groups is 1. The molecular weight excluding hydrogens is 328 g/mol. The van der Waals surface area contributed by atoms with Crippen LogP contribution in [0.3, 0.4) is 0 Å². The molecule has 6 heteroatoms. The fourth-order valence-corrected chi connectivity index (χ4v) is 2.40. The molecule has 3 rings (SSSR count). The highest BCUT2D eigenvalue weighted by atomic mass is 35.5. The van der Waals surface area contributed by atoms with Gasteiger partial charge in [0, 0.05) is 10.4 Å². The first-order valence-corrected chi connectivity index (χ1v) is 7.82. The molecule has 1 aromatic heterocycles. The van der Waals surface area contributed by atoms with Crippen LogP contribution in [0.15, 0.2) is 48.5 Å². The number of ether oxygens (including phenoxy) is 2. The summed E-state index contributed by atoms with van der Waals surface area (Å²) in [6.45, 7) is 3.57. The minimum absolute atomic E-state index is 0.0848. The van der Waals surface area contributed by atoms with Crippen molar-refractivity contribution in [1.82, 2.24) is 10.2 Å². The zero-order chi connectivity index (χ0) is 17.1. The van der Waals surface area contributed by atoms with Crippen molar-refractivity contribution in [2.24, 2.45) is 0 Å². The molecule has 5 nitrogen and oxygen atoms in total. The van der Waals surface area contributed by atoms with E-state index in [2.05, 4.69) is 10.2 Å². The molecule has 0 N–H and O–H groups in total. The Morgan fingerprint density at radius 2 is 1.88 bits per heavy atom. The lowest BCUT2D eigenvalue weighted by Crippen LogP contribution is -2.14. The van der Waals surface area contributed by atoms with E-state index in [1.54, 1.807) is 50.2 Å². The molecule has 0 saturated carbocycles. The molecule has 1 heterocycles. The summed E-state index contributed by atoms with van der Waals surface area (Å²) in [7, 11) is 0. The molecule has 0 aliphatic carbocycles. The molecule has 0 atom stereocenters. The molecule has 0 radical (unpaired) electrons. The largest absolute Gasteiger partial charge is 0.459 e. The van der Waals surface area contributed by atoms with Crippen LogP contribution in [0.4, 0.5) is 0 Å². The van der Waals surface area contributed by atoms with E-state index < -0.39 is 5.97 Å². The van der Waals surface area contributed by atoms with Gasteiger partial charge in [-0.15, -0.1) is 10.2 Å². The molecular formula is C18H15ClN2O3. The number of carbonyl (C=O) groups excluding carboxylic acids is 1. The standard InChI is InChI=1S/C18H15ClN2O3/c1-11(2)23-18(22)16-14-8-3-4-9-15(14)20-21-17(16)24-13-7-5-6-12(19)10-13/h3-11H,1-2H3.